The molecule has 0 unspecified atom stereocenters. The normalized spacial score (nSPS) is 12.4. The van der Waals surface area contributed by atoms with Crippen LogP contribution >= 0.6 is 0 Å². The molecule has 0 fully saturated rings. The standard InChI is InChI=1S/C27H36N2O5/c1-2-3-4-5-6-13-18-23(26(31)32)28-25(30)24(19-21-14-9-7-10-15-21)29-27(33)34-20-22-16-11-8-12-17-22/h7-12,14-17,23-24H,2-6,13,18-20H2,1H3,(H,28,30)(H,29,33)(H,31,32)/t23-,24+/m1/s1. The average molecular weight is 469 g/mol. The molecule has 0 saturated heterocycles. The monoisotopic (exact) mass is 468 g/mol. The van der Waals surface area contributed by atoms with E-state index in [0.717, 1.165) is 43.2 Å². The van der Waals surface area contributed by atoms with Crippen molar-refractivity contribution in [1.29, 1.82) is 0 Å². The predicted molar refractivity (Wildman–Crippen MR) is 131 cm³/mol. The summed E-state index contributed by atoms with van der Waals surface area (Å²) in [5, 5.41) is 14.8. The first-order valence-electron chi connectivity index (χ1n) is 12.0. The first-order chi connectivity index (χ1) is 16.5. The number of carbonyl (C=O) groups excluding carboxylic acids is 2. The molecule has 0 aromatic heterocycles. The molecule has 0 aliphatic heterocycles. The molecule has 2 aromatic rings. The lowest BCUT2D eigenvalue weighted by Gasteiger charge is -2.21. The molecule has 2 aromatic carbocycles. The smallest absolute Gasteiger partial charge is 0.408 e. The summed E-state index contributed by atoms with van der Waals surface area (Å²) < 4.78 is 5.26. The van der Waals surface area contributed by atoms with E-state index in [-0.39, 0.29) is 13.0 Å². The molecule has 2 atom stereocenters. The fourth-order valence-corrected chi connectivity index (χ4v) is 3.62. The van der Waals surface area contributed by atoms with Gasteiger partial charge in [0.15, 0.2) is 0 Å². The summed E-state index contributed by atoms with van der Waals surface area (Å²) in [4.78, 5) is 37.1. The predicted octanol–water partition coefficient (Wildman–Crippen LogP) is 4.84. The summed E-state index contributed by atoms with van der Waals surface area (Å²) >= 11 is 0. The van der Waals surface area contributed by atoms with Gasteiger partial charge in [-0.2, -0.15) is 0 Å². The van der Waals surface area contributed by atoms with Crippen LogP contribution in [0.25, 0.3) is 0 Å². The SMILES string of the molecule is CCCCCCCC[C@@H](NC(=O)[C@H](Cc1ccccc1)NC(=O)OCc1ccccc1)C(=O)O. The highest BCUT2D eigenvalue weighted by molar-refractivity contribution is 5.89. The zero-order valence-electron chi connectivity index (χ0n) is 19.9. The second-order valence-corrected chi connectivity index (χ2v) is 8.40. The number of alkyl carbamates (subject to hydrolysis) is 1. The molecule has 0 heterocycles. The number of benzene rings is 2. The molecule has 184 valence electrons. The third-order valence-corrected chi connectivity index (χ3v) is 5.56. The Kier molecular flexibility index (Phi) is 12.2. The van der Waals surface area contributed by atoms with Crippen molar-refractivity contribution in [2.75, 3.05) is 0 Å². The van der Waals surface area contributed by atoms with E-state index in [1.165, 1.54) is 6.42 Å². The zero-order chi connectivity index (χ0) is 24.6. The fraction of sp³-hybridized carbons (Fsp3) is 0.444. The van der Waals surface area contributed by atoms with E-state index in [9.17, 15) is 19.5 Å². The Morgan fingerprint density at radius 2 is 1.38 bits per heavy atom. The van der Waals surface area contributed by atoms with Gasteiger partial charge in [-0.15, -0.1) is 0 Å². The Bertz CT molecular complexity index is 873. The van der Waals surface area contributed by atoms with Gasteiger partial charge in [0, 0.05) is 6.42 Å². The van der Waals surface area contributed by atoms with Gasteiger partial charge in [0.1, 0.15) is 18.7 Å². The van der Waals surface area contributed by atoms with Crippen molar-refractivity contribution >= 4 is 18.0 Å². The molecular formula is C27H36N2O5. The summed E-state index contributed by atoms with van der Waals surface area (Å²) in [5.41, 5.74) is 1.67. The summed E-state index contributed by atoms with van der Waals surface area (Å²) in [7, 11) is 0. The Morgan fingerprint density at radius 1 is 0.794 bits per heavy atom. The van der Waals surface area contributed by atoms with E-state index in [1.807, 2.05) is 60.7 Å². The molecule has 2 amide bonds. The summed E-state index contributed by atoms with van der Waals surface area (Å²) in [6.07, 6.45) is 5.99. The summed E-state index contributed by atoms with van der Waals surface area (Å²) in [6, 6.07) is 16.5. The second-order valence-electron chi connectivity index (χ2n) is 8.40. The van der Waals surface area contributed by atoms with Crippen molar-refractivity contribution < 1.29 is 24.2 Å². The van der Waals surface area contributed by atoms with E-state index >= 15 is 0 Å². The van der Waals surface area contributed by atoms with Crippen LogP contribution < -0.4 is 10.6 Å². The molecule has 0 bridgehead atoms. The van der Waals surface area contributed by atoms with E-state index in [2.05, 4.69) is 17.6 Å². The van der Waals surface area contributed by atoms with Gasteiger partial charge in [-0.1, -0.05) is 106 Å². The minimum absolute atomic E-state index is 0.0716. The zero-order valence-corrected chi connectivity index (χ0v) is 19.9. The summed E-state index contributed by atoms with van der Waals surface area (Å²) in [6.45, 7) is 2.22. The number of amides is 2. The van der Waals surface area contributed by atoms with Gasteiger partial charge in [0.2, 0.25) is 5.91 Å². The number of nitrogens with one attached hydrogen (secondary N) is 2. The molecule has 3 N–H and O–H groups in total. The van der Waals surface area contributed by atoms with Gasteiger partial charge in [-0.05, 0) is 17.5 Å². The van der Waals surface area contributed by atoms with Crippen LogP contribution in [0.15, 0.2) is 60.7 Å². The number of carboxylic acid groups (broad SMARTS) is 1. The number of ether oxygens (including phenoxy) is 1. The van der Waals surface area contributed by atoms with Crippen LogP contribution in [-0.4, -0.2) is 35.2 Å². The van der Waals surface area contributed by atoms with Crippen LogP contribution in [-0.2, 0) is 27.4 Å². The highest BCUT2D eigenvalue weighted by Crippen LogP contribution is 2.10. The highest BCUT2D eigenvalue weighted by atomic mass is 16.5. The molecule has 7 heteroatoms. The van der Waals surface area contributed by atoms with Gasteiger partial charge in [-0.25, -0.2) is 9.59 Å². The highest BCUT2D eigenvalue weighted by Gasteiger charge is 2.27. The summed E-state index contributed by atoms with van der Waals surface area (Å²) in [5.74, 6) is -1.62. The van der Waals surface area contributed by atoms with Gasteiger partial charge < -0.3 is 20.5 Å². The molecule has 0 aliphatic rings. The van der Waals surface area contributed by atoms with E-state index in [1.54, 1.807) is 0 Å². The Labute approximate surface area is 201 Å². The average Bonchev–Trinajstić information content (AvgIpc) is 2.84. The van der Waals surface area contributed by atoms with Crippen molar-refractivity contribution in [1.82, 2.24) is 10.6 Å². The maximum atomic E-state index is 13.0. The lowest BCUT2D eigenvalue weighted by atomic mass is 10.0. The van der Waals surface area contributed by atoms with Crippen LogP contribution in [0.4, 0.5) is 4.79 Å². The lowest BCUT2D eigenvalue weighted by molar-refractivity contribution is -0.142. The first-order valence-corrected chi connectivity index (χ1v) is 12.0. The van der Waals surface area contributed by atoms with Crippen molar-refractivity contribution in [3.05, 3.63) is 71.8 Å². The molecule has 0 saturated carbocycles. The van der Waals surface area contributed by atoms with E-state index in [4.69, 9.17) is 4.74 Å². The second kappa shape index (κ2) is 15.5. The Balaban J connectivity index is 1.96. The molecule has 2 rings (SSSR count). The fourth-order valence-electron chi connectivity index (χ4n) is 3.62. The number of hydrogen-bond acceptors (Lipinski definition) is 4. The van der Waals surface area contributed by atoms with Crippen molar-refractivity contribution in [2.24, 2.45) is 0 Å². The molecular weight excluding hydrogens is 432 g/mol. The minimum atomic E-state index is -1.08. The van der Waals surface area contributed by atoms with Gasteiger partial charge >= 0.3 is 12.1 Å². The van der Waals surface area contributed by atoms with Crippen molar-refractivity contribution in [3.63, 3.8) is 0 Å². The third kappa shape index (κ3) is 10.5. The molecule has 7 nitrogen and oxygen atoms in total. The molecule has 0 spiro atoms. The number of hydrogen-bond donors (Lipinski definition) is 3. The number of unbranched alkanes of at least 4 members (excludes halogenated alkanes) is 5. The van der Waals surface area contributed by atoms with Gasteiger partial charge in [0.25, 0.3) is 0 Å². The Morgan fingerprint density at radius 3 is 2.00 bits per heavy atom. The van der Waals surface area contributed by atoms with Crippen molar-refractivity contribution in [2.45, 2.75) is 77.0 Å². The number of rotatable bonds is 15. The largest absolute Gasteiger partial charge is 0.480 e. The van der Waals surface area contributed by atoms with Crippen LogP contribution in [0.3, 0.4) is 0 Å². The number of carboxylic acids is 1. The topological polar surface area (TPSA) is 105 Å². The van der Waals surface area contributed by atoms with Gasteiger partial charge in [-0.3, -0.25) is 4.79 Å². The van der Waals surface area contributed by atoms with Crippen LogP contribution in [0, 0.1) is 0 Å². The van der Waals surface area contributed by atoms with Crippen LogP contribution in [0.2, 0.25) is 0 Å². The van der Waals surface area contributed by atoms with Gasteiger partial charge in [0.05, 0.1) is 0 Å². The maximum Gasteiger partial charge on any atom is 0.408 e. The minimum Gasteiger partial charge on any atom is -0.480 e. The lowest BCUT2D eigenvalue weighted by Crippen LogP contribution is -2.52. The first kappa shape index (κ1) is 26.9. The van der Waals surface area contributed by atoms with Crippen LogP contribution in [0.1, 0.15) is 63.0 Å². The van der Waals surface area contributed by atoms with E-state index < -0.39 is 30.1 Å². The maximum absolute atomic E-state index is 13.0. The Hall–Kier alpha value is -3.35. The number of aliphatic carboxylic acids is 1. The van der Waals surface area contributed by atoms with E-state index in [0.29, 0.717) is 6.42 Å². The van der Waals surface area contributed by atoms with Crippen molar-refractivity contribution in [3.8, 4) is 0 Å². The third-order valence-electron chi connectivity index (χ3n) is 5.56. The quantitative estimate of drug-likeness (QED) is 0.324. The van der Waals surface area contributed by atoms with Crippen LogP contribution in [0.5, 0.6) is 0 Å². The molecule has 0 aliphatic carbocycles. The number of carbonyl (C=O) groups is 3. The molecule has 34 heavy (non-hydrogen) atoms. The molecule has 0 radical (unpaired) electrons.